The van der Waals surface area contributed by atoms with Crippen LogP contribution in [0.15, 0.2) is 30.6 Å². The number of amides is 2. The van der Waals surface area contributed by atoms with Gasteiger partial charge in [-0.2, -0.15) is 0 Å². The van der Waals surface area contributed by atoms with Crippen LogP contribution in [0.4, 0.5) is 16.3 Å². The maximum Gasteiger partial charge on any atom is 0.324 e. The molecule has 2 saturated heterocycles. The second-order valence-corrected chi connectivity index (χ2v) is 7.96. The number of aromatic nitrogens is 2. The van der Waals surface area contributed by atoms with Gasteiger partial charge in [-0.1, -0.05) is 11.6 Å². The van der Waals surface area contributed by atoms with E-state index in [1.807, 2.05) is 11.0 Å². The predicted octanol–water partition coefficient (Wildman–Crippen LogP) is 2.28. The number of halogens is 1. The first-order valence-corrected chi connectivity index (χ1v) is 9.55. The van der Waals surface area contributed by atoms with E-state index in [2.05, 4.69) is 14.9 Å². The third kappa shape index (κ3) is 2.79. The number of benzene rings is 1. The monoisotopic (exact) mass is 401 g/mol. The van der Waals surface area contributed by atoms with E-state index < -0.39 is 0 Å². The summed E-state index contributed by atoms with van der Waals surface area (Å²) in [5.74, 6) is 2.01. The molecular weight excluding hydrogens is 382 g/mol. The normalized spacial score (nSPS) is 19.4. The second kappa shape index (κ2) is 6.41. The summed E-state index contributed by atoms with van der Waals surface area (Å²) in [5.41, 5.74) is 0.942. The maximum absolute atomic E-state index is 13.0. The zero-order chi connectivity index (χ0) is 19.3. The van der Waals surface area contributed by atoms with Crippen molar-refractivity contribution >= 4 is 29.1 Å². The van der Waals surface area contributed by atoms with Crippen LogP contribution < -0.4 is 19.3 Å². The molecule has 28 heavy (non-hydrogen) atoms. The summed E-state index contributed by atoms with van der Waals surface area (Å²) in [6.45, 7) is 4.30. The van der Waals surface area contributed by atoms with Crippen molar-refractivity contribution < 1.29 is 14.3 Å². The molecule has 0 aliphatic carbocycles. The molecule has 0 saturated carbocycles. The summed E-state index contributed by atoms with van der Waals surface area (Å²) < 4.78 is 10.7. The highest BCUT2D eigenvalue weighted by atomic mass is 35.5. The zero-order valence-electron chi connectivity index (χ0n) is 15.5. The quantitative estimate of drug-likeness (QED) is 0.768. The van der Waals surface area contributed by atoms with Crippen LogP contribution in [0, 0.1) is 5.41 Å². The van der Waals surface area contributed by atoms with Crippen LogP contribution in [0.3, 0.4) is 0 Å². The minimum atomic E-state index is 0.0280. The number of nitrogens with zero attached hydrogens (tertiary/aromatic N) is 5. The summed E-state index contributed by atoms with van der Waals surface area (Å²) in [4.78, 5) is 27.4. The number of methoxy groups -OCH3 is 1. The minimum absolute atomic E-state index is 0.0280. The van der Waals surface area contributed by atoms with Gasteiger partial charge in [0.05, 0.1) is 31.7 Å². The molecule has 2 fully saturated rings. The molecular formula is C19H20ClN5O3. The third-order valence-electron chi connectivity index (χ3n) is 5.54. The molecule has 0 unspecified atom stereocenters. The number of ether oxygens (including phenoxy) is 2. The first-order valence-electron chi connectivity index (χ1n) is 9.17. The lowest BCUT2D eigenvalue weighted by Crippen LogP contribution is -2.74. The highest BCUT2D eigenvalue weighted by molar-refractivity contribution is 6.30. The minimum Gasteiger partial charge on any atom is -0.489 e. The number of hydrogen-bond acceptors (Lipinski definition) is 6. The van der Waals surface area contributed by atoms with Gasteiger partial charge in [-0.05, 0) is 12.1 Å². The maximum atomic E-state index is 13.0. The Morgan fingerprint density at radius 2 is 2.04 bits per heavy atom. The SMILES string of the molecule is COc1cnc(N2CC3(CN(C(=O)N4CCOc5cc(Cl)ccc54)C3)C2)cn1. The van der Waals surface area contributed by atoms with Crippen LogP contribution in [0.1, 0.15) is 0 Å². The van der Waals surface area contributed by atoms with Gasteiger partial charge in [-0.3, -0.25) is 4.90 Å². The van der Waals surface area contributed by atoms with Gasteiger partial charge in [0.25, 0.3) is 0 Å². The molecule has 1 aromatic heterocycles. The Labute approximate surface area is 167 Å². The first-order chi connectivity index (χ1) is 13.6. The molecule has 2 amide bonds. The summed E-state index contributed by atoms with van der Waals surface area (Å²) in [5, 5.41) is 0.604. The molecule has 0 bridgehead atoms. The van der Waals surface area contributed by atoms with E-state index >= 15 is 0 Å². The number of carbonyl (C=O) groups is 1. The average molecular weight is 402 g/mol. The number of anilines is 2. The van der Waals surface area contributed by atoms with E-state index in [0.29, 0.717) is 29.8 Å². The number of rotatable bonds is 2. The smallest absolute Gasteiger partial charge is 0.324 e. The van der Waals surface area contributed by atoms with E-state index in [9.17, 15) is 4.79 Å². The molecule has 3 aliphatic rings. The van der Waals surface area contributed by atoms with E-state index in [0.717, 1.165) is 37.7 Å². The van der Waals surface area contributed by atoms with Crippen molar-refractivity contribution in [2.75, 3.05) is 56.2 Å². The van der Waals surface area contributed by atoms with Crippen LogP contribution in [-0.4, -0.2) is 67.3 Å². The van der Waals surface area contributed by atoms with Crippen LogP contribution in [0.25, 0.3) is 0 Å². The molecule has 2 aromatic rings. The van der Waals surface area contributed by atoms with E-state index in [1.165, 1.54) is 0 Å². The number of hydrogen-bond donors (Lipinski definition) is 0. The fourth-order valence-electron chi connectivity index (χ4n) is 4.17. The van der Waals surface area contributed by atoms with Crippen molar-refractivity contribution in [3.8, 4) is 11.6 Å². The summed E-state index contributed by atoms with van der Waals surface area (Å²) >= 11 is 6.03. The Kier molecular flexibility index (Phi) is 3.97. The van der Waals surface area contributed by atoms with Gasteiger partial charge in [0.2, 0.25) is 5.88 Å². The lowest BCUT2D eigenvalue weighted by atomic mass is 9.73. The fourth-order valence-corrected chi connectivity index (χ4v) is 4.33. The Balaban J connectivity index is 1.21. The van der Waals surface area contributed by atoms with Gasteiger partial charge in [0, 0.05) is 42.7 Å². The zero-order valence-corrected chi connectivity index (χ0v) is 16.2. The van der Waals surface area contributed by atoms with Crippen molar-refractivity contribution in [1.29, 1.82) is 0 Å². The molecule has 5 rings (SSSR count). The average Bonchev–Trinajstić information content (AvgIpc) is 2.65. The number of likely N-dealkylation sites (tertiary alicyclic amines) is 1. The Morgan fingerprint density at radius 3 is 2.75 bits per heavy atom. The van der Waals surface area contributed by atoms with Gasteiger partial charge in [0.1, 0.15) is 18.2 Å². The summed E-state index contributed by atoms with van der Waals surface area (Å²) in [6, 6.07) is 5.41. The summed E-state index contributed by atoms with van der Waals surface area (Å²) in [6.07, 6.45) is 3.35. The molecule has 3 aliphatic heterocycles. The van der Waals surface area contributed by atoms with Crippen molar-refractivity contribution in [3.63, 3.8) is 0 Å². The van der Waals surface area contributed by atoms with Crippen LogP contribution in [0.2, 0.25) is 5.02 Å². The van der Waals surface area contributed by atoms with Gasteiger partial charge >= 0.3 is 6.03 Å². The van der Waals surface area contributed by atoms with Crippen molar-refractivity contribution in [3.05, 3.63) is 35.6 Å². The molecule has 1 spiro atoms. The van der Waals surface area contributed by atoms with Gasteiger partial charge in [-0.15, -0.1) is 0 Å². The molecule has 0 radical (unpaired) electrons. The third-order valence-corrected chi connectivity index (χ3v) is 5.77. The van der Waals surface area contributed by atoms with E-state index in [4.69, 9.17) is 21.1 Å². The van der Waals surface area contributed by atoms with Gasteiger partial charge < -0.3 is 19.3 Å². The molecule has 9 heteroatoms. The Hall–Kier alpha value is -2.74. The molecule has 0 atom stereocenters. The lowest BCUT2D eigenvalue weighted by molar-refractivity contribution is 0.00924. The van der Waals surface area contributed by atoms with Crippen molar-refractivity contribution in [2.45, 2.75) is 0 Å². The van der Waals surface area contributed by atoms with E-state index in [1.54, 1.807) is 36.5 Å². The standard InChI is InChI=1S/C19H20ClN5O3/c1-27-17-8-21-16(7-22-17)23-9-19(10-23)11-24(12-19)18(26)25-4-5-28-15-6-13(20)2-3-14(15)25/h2-3,6-8H,4-5,9-12H2,1H3. The predicted molar refractivity (Wildman–Crippen MR) is 104 cm³/mol. The highest BCUT2D eigenvalue weighted by Crippen LogP contribution is 2.43. The van der Waals surface area contributed by atoms with Crippen molar-refractivity contribution in [2.24, 2.45) is 5.41 Å². The Bertz CT molecular complexity index is 908. The van der Waals surface area contributed by atoms with E-state index in [-0.39, 0.29) is 11.4 Å². The van der Waals surface area contributed by atoms with Crippen molar-refractivity contribution in [1.82, 2.24) is 14.9 Å². The molecule has 8 nitrogen and oxygen atoms in total. The topological polar surface area (TPSA) is 71.0 Å². The second-order valence-electron chi connectivity index (χ2n) is 7.52. The largest absolute Gasteiger partial charge is 0.489 e. The first kappa shape index (κ1) is 17.4. The number of carbonyl (C=O) groups excluding carboxylic acids is 1. The lowest BCUT2D eigenvalue weighted by Gasteiger charge is -2.60. The molecule has 0 N–H and O–H groups in total. The number of urea groups is 1. The summed E-state index contributed by atoms with van der Waals surface area (Å²) in [7, 11) is 1.57. The van der Waals surface area contributed by atoms with Crippen LogP contribution >= 0.6 is 11.6 Å². The highest BCUT2D eigenvalue weighted by Gasteiger charge is 2.54. The van der Waals surface area contributed by atoms with Crippen LogP contribution in [-0.2, 0) is 0 Å². The molecule has 4 heterocycles. The molecule has 146 valence electrons. The van der Waals surface area contributed by atoms with Gasteiger partial charge in [-0.25, -0.2) is 14.8 Å². The van der Waals surface area contributed by atoms with Crippen LogP contribution in [0.5, 0.6) is 11.6 Å². The number of fused-ring (bicyclic) bond motifs is 1. The van der Waals surface area contributed by atoms with Gasteiger partial charge in [0.15, 0.2) is 0 Å². The fraction of sp³-hybridized carbons (Fsp3) is 0.421. The molecule has 1 aromatic carbocycles. The Morgan fingerprint density at radius 1 is 1.21 bits per heavy atom.